The third-order valence-corrected chi connectivity index (χ3v) is 6.86. The fraction of sp³-hybridized carbons (Fsp3) is 0.579. The zero-order valence-corrected chi connectivity index (χ0v) is 17.1. The molecule has 2 amide bonds. The molecule has 2 aliphatic rings. The predicted molar refractivity (Wildman–Crippen MR) is 107 cm³/mol. The number of sulfonamides is 1. The van der Waals surface area contributed by atoms with Crippen LogP contribution in [0.25, 0.3) is 0 Å². The first kappa shape index (κ1) is 21.7. The Morgan fingerprint density at radius 2 is 1.93 bits per heavy atom. The predicted octanol–water partition coefficient (Wildman–Crippen LogP) is -0.369. The fourth-order valence-electron chi connectivity index (χ4n) is 3.70. The Kier molecular flexibility index (Phi) is 7.23. The lowest BCUT2D eigenvalue weighted by Gasteiger charge is -2.42. The van der Waals surface area contributed by atoms with E-state index in [1.54, 1.807) is 24.3 Å². The van der Waals surface area contributed by atoms with E-state index in [0.717, 1.165) is 10.7 Å². The Morgan fingerprint density at radius 3 is 2.59 bits per heavy atom. The van der Waals surface area contributed by atoms with Crippen LogP contribution in [0.15, 0.2) is 30.3 Å². The summed E-state index contributed by atoms with van der Waals surface area (Å²) in [4.78, 5) is 27.2. The Labute approximate surface area is 171 Å². The number of ether oxygens (including phenoxy) is 1. The standard InChI is InChI=1S/C19H28N4O5S/c20-9-10-21-17(24)18-22(19(25)16-8-4-13-28-16)11-5-12-23(18)29(26,27)14-15-6-2-1-3-7-15/h1-3,6-7,16,18H,4-5,8-14,20H2,(H,21,24). The molecule has 2 heterocycles. The maximum absolute atomic E-state index is 13.2. The first-order valence-corrected chi connectivity index (χ1v) is 11.5. The third kappa shape index (κ3) is 5.13. The molecule has 9 nitrogen and oxygen atoms in total. The molecule has 0 spiro atoms. The van der Waals surface area contributed by atoms with Crippen molar-refractivity contribution in [3.05, 3.63) is 35.9 Å². The zero-order chi connectivity index (χ0) is 20.9. The van der Waals surface area contributed by atoms with E-state index in [-0.39, 0.29) is 31.3 Å². The Hall–Kier alpha value is -2.01. The van der Waals surface area contributed by atoms with E-state index in [9.17, 15) is 18.0 Å². The van der Waals surface area contributed by atoms with Gasteiger partial charge in [-0.25, -0.2) is 8.42 Å². The summed E-state index contributed by atoms with van der Waals surface area (Å²) in [5.41, 5.74) is 6.10. The highest BCUT2D eigenvalue weighted by Crippen LogP contribution is 2.25. The average molecular weight is 425 g/mol. The first-order chi connectivity index (χ1) is 13.9. The van der Waals surface area contributed by atoms with Gasteiger partial charge >= 0.3 is 0 Å². The van der Waals surface area contributed by atoms with E-state index in [4.69, 9.17) is 10.5 Å². The number of hydrogen-bond donors (Lipinski definition) is 2. The number of nitrogens with zero attached hydrogens (tertiary/aromatic N) is 2. The lowest BCUT2D eigenvalue weighted by molar-refractivity contribution is -0.154. The highest BCUT2D eigenvalue weighted by Gasteiger charge is 2.45. The smallest absolute Gasteiger partial charge is 0.259 e. The van der Waals surface area contributed by atoms with Gasteiger partial charge in [-0.1, -0.05) is 30.3 Å². The highest BCUT2D eigenvalue weighted by atomic mass is 32.2. The summed E-state index contributed by atoms with van der Waals surface area (Å²) in [7, 11) is -3.84. The molecule has 0 saturated carbocycles. The second-order valence-corrected chi connectivity index (χ2v) is 9.11. The van der Waals surface area contributed by atoms with E-state index >= 15 is 0 Å². The third-order valence-electron chi connectivity index (χ3n) is 5.06. The summed E-state index contributed by atoms with van der Waals surface area (Å²) >= 11 is 0. The zero-order valence-electron chi connectivity index (χ0n) is 16.3. The Balaban J connectivity index is 1.88. The van der Waals surface area contributed by atoms with Crippen molar-refractivity contribution < 1.29 is 22.7 Å². The van der Waals surface area contributed by atoms with Gasteiger partial charge in [-0.2, -0.15) is 4.31 Å². The van der Waals surface area contributed by atoms with Crippen molar-refractivity contribution in [3.63, 3.8) is 0 Å². The van der Waals surface area contributed by atoms with Gasteiger partial charge in [0, 0.05) is 32.8 Å². The van der Waals surface area contributed by atoms with Crippen molar-refractivity contribution in [1.82, 2.24) is 14.5 Å². The molecule has 0 aliphatic carbocycles. The molecule has 2 saturated heterocycles. The minimum Gasteiger partial charge on any atom is -0.368 e. The van der Waals surface area contributed by atoms with Crippen LogP contribution in [0.3, 0.4) is 0 Å². The van der Waals surface area contributed by atoms with Crippen LogP contribution in [0.4, 0.5) is 0 Å². The van der Waals surface area contributed by atoms with E-state index in [0.29, 0.717) is 31.6 Å². The van der Waals surface area contributed by atoms with Crippen LogP contribution in [0.1, 0.15) is 24.8 Å². The molecule has 3 rings (SSSR count). The molecule has 1 aromatic carbocycles. The molecule has 2 unspecified atom stereocenters. The van der Waals surface area contributed by atoms with Crippen molar-refractivity contribution in [2.45, 2.75) is 37.3 Å². The second kappa shape index (κ2) is 9.66. The molecule has 2 atom stereocenters. The highest BCUT2D eigenvalue weighted by molar-refractivity contribution is 7.88. The quantitative estimate of drug-likeness (QED) is 0.616. The van der Waals surface area contributed by atoms with Gasteiger partial charge < -0.3 is 20.7 Å². The number of nitrogens with two attached hydrogens (primary N) is 1. The summed E-state index contributed by atoms with van der Waals surface area (Å²) in [6.45, 7) is 1.38. The van der Waals surface area contributed by atoms with Crippen LogP contribution in [-0.4, -0.2) is 74.5 Å². The van der Waals surface area contributed by atoms with Crippen LogP contribution in [0, 0.1) is 0 Å². The van der Waals surface area contributed by atoms with Gasteiger partial charge in [0.25, 0.3) is 11.8 Å². The summed E-state index contributed by atoms with van der Waals surface area (Å²) in [6.07, 6.45) is -0.0713. The van der Waals surface area contributed by atoms with Crippen LogP contribution in [0.5, 0.6) is 0 Å². The fourth-order valence-corrected chi connectivity index (χ4v) is 5.40. The van der Waals surface area contributed by atoms with Crippen LogP contribution >= 0.6 is 0 Å². The topological polar surface area (TPSA) is 122 Å². The lowest BCUT2D eigenvalue weighted by atomic mass is 10.1. The SMILES string of the molecule is NCCNC(=O)C1N(C(=O)C2CCCO2)CCCN1S(=O)(=O)Cc1ccccc1. The number of carbonyl (C=O) groups is 2. The summed E-state index contributed by atoms with van der Waals surface area (Å²) in [6, 6.07) is 8.78. The Morgan fingerprint density at radius 1 is 1.17 bits per heavy atom. The van der Waals surface area contributed by atoms with Crippen LogP contribution in [-0.2, 0) is 30.1 Å². The van der Waals surface area contributed by atoms with Gasteiger partial charge in [-0.15, -0.1) is 0 Å². The molecule has 1 aromatic rings. The van der Waals surface area contributed by atoms with Crippen LogP contribution < -0.4 is 11.1 Å². The van der Waals surface area contributed by atoms with Crippen molar-refractivity contribution in [2.75, 3.05) is 32.8 Å². The van der Waals surface area contributed by atoms with Gasteiger partial charge in [-0.3, -0.25) is 9.59 Å². The van der Waals surface area contributed by atoms with Gasteiger partial charge in [0.1, 0.15) is 6.10 Å². The van der Waals surface area contributed by atoms with Gasteiger partial charge in [0.2, 0.25) is 10.0 Å². The molecule has 2 aliphatic heterocycles. The molecular formula is C19H28N4O5S. The summed E-state index contributed by atoms with van der Waals surface area (Å²) in [5.74, 6) is -1.12. The molecule has 0 radical (unpaired) electrons. The molecule has 10 heteroatoms. The normalized spacial score (nSPS) is 23.1. The van der Waals surface area contributed by atoms with Crippen molar-refractivity contribution in [1.29, 1.82) is 0 Å². The average Bonchev–Trinajstić information content (AvgIpc) is 3.26. The van der Waals surface area contributed by atoms with E-state index < -0.39 is 28.2 Å². The minimum atomic E-state index is -3.84. The number of carbonyl (C=O) groups excluding carboxylic acids is 2. The second-order valence-electron chi connectivity index (χ2n) is 7.19. The monoisotopic (exact) mass is 424 g/mol. The molecular weight excluding hydrogens is 396 g/mol. The largest absolute Gasteiger partial charge is 0.368 e. The molecule has 29 heavy (non-hydrogen) atoms. The molecule has 160 valence electrons. The number of amides is 2. The number of rotatable bonds is 7. The van der Waals surface area contributed by atoms with E-state index in [1.165, 1.54) is 4.90 Å². The summed E-state index contributed by atoms with van der Waals surface area (Å²) < 4.78 is 33.0. The summed E-state index contributed by atoms with van der Waals surface area (Å²) in [5, 5.41) is 2.64. The van der Waals surface area contributed by atoms with Crippen molar-refractivity contribution >= 4 is 21.8 Å². The molecule has 0 aromatic heterocycles. The maximum Gasteiger partial charge on any atom is 0.259 e. The Bertz CT molecular complexity index is 811. The van der Waals surface area contributed by atoms with Gasteiger partial charge in [-0.05, 0) is 24.8 Å². The minimum absolute atomic E-state index is 0.172. The lowest BCUT2D eigenvalue weighted by Crippen LogP contribution is -2.65. The van der Waals surface area contributed by atoms with Gasteiger partial charge in [0.15, 0.2) is 6.17 Å². The van der Waals surface area contributed by atoms with Crippen LogP contribution in [0.2, 0.25) is 0 Å². The van der Waals surface area contributed by atoms with E-state index in [2.05, 4.69) is 5.32 Å². The molecule has 3 N–H and O–H groups in total. The number of benzene rings is 1. The molecule has 2 fully saturated rings. The van der Waals surface area contributed by atoms with Crippen molar-refractivity contribution in [2.24, 2.45) is 5.73 Å². The number of hydrogen-bond acceptors (Lipinski definition) is 6. The van der Waals surface area contributed by atoms with E-state index in [1.807, 2.05) is 6.07 Å². The number of nitrogens with one attached hydrogen (secondary N) is 1. The van der Waals surface area contributed by atoms with Crippen molar-refractivity contribution in [3.8, 4) is 0 Å². The first-order valence-electron chi connectivity index (χ1n) is 9.87. The maximum atomic E-state index is 13.2. The molecule has 0 bridgehead atoms. The van der Waals surface area contributed by atoms with Gasteiger partial charge in [0.05, 0.1) is 5.75 Å².